The summed E-state index contributed by atoms with van der Waals surface area (Å²) in [6.07, 6.45) is 8.22. The van der Waals surface area contributed by atoms with Gasteiger partial charge < -0.3 is 4.57 Å². The molecule has 4 heteroatoms. The van der Waals surface area contributed by atoms with E-state index in [1.807, 2.05) is 43.7 Å². The molecule has 0 bridgehead atoms. The number of ketones is 1. The lowest BCUT2D eigenvalue weighted by molar-refractivity contribution is -0.118. The SMILES string of the molecule is Cc1cc(-c2ccc3c(c2Cc2ccncc2)CCC(=O)C3)cn(C)c1=O. The van der Waals surface area contributed by atoms with Gasteiger partial charge in [0.2, 0.25) is 0 Å². The highest BCUT2D eigenvalue weighted by Crippen LogP contribution is 2.33. The minimum absolute atomic E-state index is 0.0259. The summed E-state index contributed by atoms with van der Waals surface area (Å²) in [5.41, 5.74) is 7.81. The average Bonchev–Trinajstić information content (AvgIpc) is 2.66. The van der Waals surface area contributed by atoms with Crippen LogP contribution in [0.2, 0.25) is 0 Å². The minimum atomic E-state index is 0.0259. The highest BCUT2D eigenvalue weighted by molar-refractivity contribution is 5.84. The summed E-state index contributed by atoms with van der Waals surface area (Å²) in [5, 5.41) is 0. The number of hydrogen-bond acceptors (Lipinski definition) is 3. The summed E-state index contributed by atoms with van der Waals surface area (Å²) in [6, 6.07) is 10.2. The summed E-state index contributed by atoms with van der Waals surface area (Å²) in [4.78, 5) is 28.2. The van der Waals surface area contributed by atoms with Crippen molar-refractivity contribution in [2.24, 2.45) is 7.05 Å². The molecule has 0 unspecified atom stereocenters. The van der Waals surface area contributed by atoms with Crippen LogP contribution in [0.15, 0.2) is 53.7 Å². The van der Waals surface area contributed by atoms with E-state index in [0.717, 1.165) is 35.1 Å². The Labute approximate surface area is 158 Å². The molecule has 1 aromatic carbocycles. The van der Waals surface area contributed by atoms with E-state index in [2.05, 4.69) is 17.1 Å². The van der Waals surface area contributed by atoms with Crippen molar-refractivity contribution in [3.05, 3.63) is 87.1 Å². The van der Waals surface area contributed by atoms with E-state index in [9.17, 15) is 9.59 Å². The fourth-order valence-corrected chi connectivity index (χ4v) is 3.99. The highest BCUT2D eigenvalue weighted by Gasteiger charge is 2.21. The number of carbonyl (C=O) groups excluding carboxylic acids is 1. The largest absolute Gasteiger partial charge is 0.318 e. The maximum absolute atomic E-state index is 12.1. The number of benzene rings is 1. The van der Waals surface area contributed by atoms with E-state index in [0.29, 0.717) is 18.6 Å². The lowest BCUT2D eigenvalue weighted by atomic mass is 9.82. The van der Waals surface area contributed by atoms with Gasteiger partial charge in [-0.1, -0.05) is 12.1 Å². The third-order valence-electron chi connectivity index (χ3n) is 5.37. The third kappa shape index (κ3) is 3.35. The number of carbonyl (C=O) groups is 1. The van der Waals surface area contributed by atoms with Crippen molar-refractivity contribution >= 4 is 5.78 Å². The number of nitrogens with zero attached hydrogens (tertiary/aromatic N) is 2. The Morgan fingerprint density at radius 3 is 2.59 bits per heavy atom. The Bertz CT molecular complexity index is 1060. The predicted octanol–water partition coefficient (Wildman–Crippen LogP) is 3.40. The summed E-state index contributed by atoms with van der Waals surface area (Å²) >= 11 is 0. The molecule has 2 heterocycles. The Hall–Kier alpha value is -3.01. The maximum atomic E-state index is 12.1. The molecule has 1 aliphatic rings. The molecule has 0 spiro atoms. The molecule has 4 rings (SSSR count). The normalized spacial score (nSPS) is 13.5. The first-order chi connectivity index (χ1) is 13.0. The number of rotatable bonds is 3. The zero-order valence-electron chi connectivity index (χ0n) is 15.7. The molecule has 0 aliphatic heterocycles. The van der Waals surface area contributed by atoms with Gasteiger partial charge in [0.05, 0.1) is 0 Å². The molecule has 0 fully saturated rings. The first-order valence-electron chi connectivity index (χ1n) is 9.25. The van der Waals surface area contributed by atoms with Gasteiger partial charge in [0.1, 0.15) is 5.78 Å². The number of pyridine rings is 2. The summed E-state index contributed by atoms with van der Waals surface area (Å²) in [5.74, 6) is 0.308. The van der Waals surface area contributed by atoms with Gasteiger partial charge >= 0.3 is 0 Å². The van der Waals surface area contributed by atoms with Crippen LogP contribution in [0, 0.1) is 6.92 Å². The van der Waals surface area contributed by atoms with E-state index in [4.69, 9.17) is 0 Å². The van der Waals surface area contributed by atoms with Crippen molar-refractivity contribution in [1.82, 2.24) is 9.55 Å². The van der Waals surface area contributed by atoms with E-state index in [1.165, 1.54) is 16.7 Å². The molecule has 0 saturated carbocycles. The monoisotopic (exact) mass is 358 g/mol. The second-order valence-corrected chi connectivity index (χ2v) is 7.30. The van der Waals surface area contributed by atoms with Crippen molar-refractivity contribution in [3.63, 3.8) is 0 Å². The van der Waals surface area contributed by atoms with Crippen LogP contribution < -0.4 is 5.56 Å². The predicted molar refractivity (Wildman–Crippen MR) is 106 cm³/mol. The van der Waals surface area contributed by atoms with Crippen molar-refractivity contribution in [2.45, 2.75) is 32.6 Å². The minimum Gasteiger partial charge on any atom is -0.318 e. The maximum Gasteiger partial charge on any atom is 0.253 e. The molecule has 0 saturated heterocycles. The second kappa shape index (κ2) is 6.95. The molecule has 4 nitrogen and oxygen atoms in total. The van der Waals surface area contributed by atoms with Gasteiger partial charge in [-0.05, 0) is 71.3 Å². The van der Waals surface area contributed by atoms with Crippen molar-refractivity contribution < 1.29 is 4.79 Å². The molecule has 136 valence electrons. The van der Waals surface area contributed by atoms with E-state index >= 15 is 0 Å². The number of fused-ring (bicyclic) bond motifs is 1. The average molecular weight is 358 g/mol. The Kier molecular flexibility index (Phi) is 4.48. The first-order valence-corrected chi connectivity index (χ1v) is 9.25. The molecule has 0 amide bonds. The first kappa shape index (κ1) is 17.4. The third-order valence-corrected chi connectivity index (χ3v) is 5.37. The van der Waals surface area contributed by atoms with Crippen molar-refractivity contribution in [1.29, 1.82) is 0 Å². The van der Waals surface area contributed by atoms with E-state index in [1.54, 1.807) is 11.6 Å². The number of aromatic nitrogens is 2. The van der Waals surface area contributed by atoms with Gasteiger partial charge in [0, 0.05) is 44.0 Å². The van der Waals surface area contributed by atoms with Crippen LogP contribution in [0.5, 0.6) is 0 Å². The molecule has 0 radical (unpaired) electrons. The van der Waals surface area contributed by atoms with Gasteiger partial charge in [0.15, 0.2) is 0 Å². The Morgan fingerprint density at radius 2 is 1.85 bits per heavy atom. The molecular weight excluding hydrogens is 336 g/mol. The number of aryl methyl sites for hydroxylation is 2. The topological polar surface area (TPSA) is 52.0 Å². The van der Waals surface area contributed by atoms with Crippen LogP contribution in [-0.2, 0) is 31.1 Å². The van der Waals surface area contributed by atoms with Gasteiger partial charge in [-0.3, -0.25) is 14.6 Å². The zero-order chi connectivity index (χ0) is 19.0. The van der Waals surface area contributed by atoms with E-state index < -0.39 is 0 Å². The summed E-state index contributed by atoms with van der Waals surface area (Å²) in [7, 11) is 1.79. The van der Waals surface area contributed by atoms with Crippen LogP contribution in [0.1, 0.15) is 34.2 Å². The molecule has 2 aromatic heterocycles. The van der Waals surface area contributed by atoms with Crippen LogP contribution in [0.25, 0.3) is 11.1 Å². The summed E-state index contributed by atoms with van der Waals surface area (Å²) < 4.78 is 1.64. The lowest BCUT2D eigenvalue weighted by Gasteiger charge is -2.22. The molecule has 0 atom stereocenters. The standard InChI is InChI=1S/C23H22N2O2/c1-15-11-18(14-25(2)23(15)27)21-5-3-17-13-19(26)4-6-20(17)22(21)12-16-7-9-24-10-8-16/h3,5,7-11,14H,4,6,12-13H2,1-2H3. The van der Waals surface area contributed by atoms with Crippen LogP contribution in [0.4, 0.5) is 0 Å². The molecule has 1 aliphatic carbocycles. The van der Waals surface area contributed by atoms with Crippen molar-refractivity contribution in [3.8, 4) is 11.1 Å². The molecular formula is C23H22N2O2. The fraction of sp³-hybridized carbons (Fsp3) is 0.261. The van der Waals surface area contributed by atoms with Crippen LogP contribution in [0.3, 0.4) is 0 Å². The zero-order valence-corrected chi connectivity index (χ0v) is 15.7. The smallest absolute Gasteiger partial charge is 0.253 e. The molecule has 3 aromatic rings. The lowest BCUT2D eigenvalue weighted by Crippen LogP contribution is -2.19. The number of hydrogen-bond donors (Lipinski definition) is 0. The van der Waals surface area contributed by atoms with Gasteiger partial charge in [-0.15, -0.1) is 0 Å². The van der Waals surface area contributed by atoms with Crippen molar-refractivity contribution in [2.75, 3.05) is 0 Å². The van der Waals surface area contributed by atoms with Crippen LogP contribution >= 0.6 is 0 Å². The number of Topliss-reactive ketones (excluding diaryl/α,β-unsaturated/α-hetero) is 1. The Morgan fingerprint density at radius 1 is 1.07 bits per heavy atom. The molecule has 27 heavy (non-hydrogen) atoms. The van der Waals surface area contributed by atoms with Gasteiger partial charge in [-0.2, -0.15) is 0 Å². The van der Waals surface area contributed by atoms with Crippen LogP contribution in [-0.4, -0.2) is 15.3 Å². The second-order valence-electron chi connectivity index (χ2n) is 7.30. The van der Waals surface area contributed by atoms with Gasteiger partial charge in [0.25, 0.3) is 5.56 Å². The van der Waals surface area contributed by atoms with Gasteiger partial charge in [-0.25, -0.2) is 0 Å². The quantitative estimate of drug-likeness (QED) is 0.721. The fourth-order valence-electron chi connectivity index (χ4n) is 3.99. The molecule has 0 N–H and O–H groups in total. The van der Waals surface area contributed by atoms with E-state index in [-0.39, 0.29) is 5.56 Å². The summed E-state index contributed by atoms with van der Waals surface area (Å²) in [6.45, 7) is 1.85. The Balaban J connectivity index is 1.91. The highest BCUT2D eigenvalue weighted by atomic mass is 16.1.